The second-order valence-electron chi connectivity index (χ2n) is 2.77. The summed E-state index contributed by atoms with van der Waals surface area (Å²) in [5, 5.41) is 2.89. The molecule has 0 fully saturated rings. The van der Waals surface area contributed by atoms with Crippen molar-refractivity contribution in [1.29, 1.82) is 0 Å². The average Bonchev–Trinajstić information content (AvgIpc) is 2.27. The first kappa shape index (κ1) is 11.3. The second-order valence-corrected chi connectivity index (χ2v) is 2.77. The van der Waals surface area contributed by atoms with E-state index in [0.29, 0.717) is 12.4 Å². The second kappa shape index (κ2) is 5.85. The van der Waals surface area contributed by atoms with Crippen molar-refractivity contribution in [2.45, 2.75) is 6.92 Å². The molecule has 0 aromatic carbocycles. The van der Waals surface area contributed by atoms with Crippen molar-refractivity contribution in [2.75, 3.05) is 25.6 Å². The van der Waals surface area contributed by atoms with E-state index in [2.05, 4.69) is 10.3 Å². The summed E-state index contributed by atoms with van der Waals surface area (Å²) in [5.41, 5.74) is 0.724. The van der Waals surface area contributed by atoms with Gasteiger partial charge in [0.15, 0.2) is 0 Å². The van der Waals surface area contributed by atoms with Gasteiger partial charge in [0.1, 0.15) is 12.3 Å². The van der Waals surface area contributed by atoms with Gasteiger partial charge in [0.05, 0.1) is 31.8 Å². The lowest BCUT2D eigenvalue weighted by molar-refractivity contribution is -0.140. The van der Waals surface area contributed by atoms with Crippen LogP contribution in [0.3, 0.4) is 0 Å². The number of anilines is 1. The number of nitrogens with one attached hydrogen (secondary N) is 1. The van der Waals surface area contributed by atoms with Crippen LogP contribution in [0.1, 0.15) is 6.92 Å². The van der Waals surface area contributed by atoms with Crippen molar-refractivity contribution < 1.29 is 14.3 Å². The van der Waals surface area contributed by atoms with E-state index in [0.717, 1.165) is 5.69 Å². The Morgan fingerprint density at radius 3 is 3.00 bits per heavy atom. The fourth-order valence-electron chi connectivity index (χ4n) is 1.01. The molecule has 0 radical (unpaired) electrons. The van der Waals surface area contributed by atoms with Gasteiger partial charge >= 0.3 is 5.97 Å². The van der Waals surface area contributed by atoms with Crippen LogP contribution < -0.4 is 10.1 Å². The van der Waals surface area contributed by atoms with Gasteiger partial charge in [0.25, 0.3) is 0 Å². The zero-order valence-corrected chi connectivity index (χ0v) is 8.82. The molecule has 0 aliphatic rings. The monoisotopic (exact) mass is 210 g/mol. The third-order valence-electron chi connectivity index (χ3n) is 1.69. The fraction of sp³-hybridized carbons (Fsp3) is 0.400. The molecule has 15 heavy (non-hydrogen) atoms. The topological polar surface area (TPSA) is 60.5 Å². The molecule has 5 heteroatoms. The molecule has 0 saturated carbocycles. The molecule has 1 heterocycles. The van der Waals surface area contributed by atoms with Crippen LogP contribution in [0.5, 0.6) is 5.75 Å². The van der Waals surface area contributed by atoms with Gasteiger partial charge in [-0.05, 0) is 6.92 Å². The molecule has 0 bridgehead atoms. The van der Waals surface area contributed by atoms with Gasteiger partial charge in [-0.1, -0.05) is 0 Å². The van der Waals surface area contributed by atoms with Gasteiger partial charge in [-0.2, -0.15) is 0 Å². The van der Waals surface area contributed by atoms with E-state index in [1.807, 2.05) is 0 Å². The van der Waals surface area contributed by atoms with Gasteiger partial charge in [-0.25, -0.2) is 0 Å². The molecule has 0 saturated heterocycles. The molecule has 5 nitrogen and oxygen atoms in total. The predicted molar refractivity (Wildman–Crippen MR) is 55.9 cm³/mol. The Balaban J connectivity index is 2.46. The van der Waals surface area contributed by atoms with E-state index >= 15 is 0 Å². The van der Waals surface area contributed by atoms with Gasteiger partial charge in [0, 0.05) is 6.07 Å². The molecular weight excluding hydrogens is 196 g/mol. The fourth-order valence-corrected chi connectivity index (χ4v) is 1.01. The third kappa shape index (κ3) is 3.84. The molecule has 0 aliphatic carbocycles. The number of pyridine rings is 1. The molecule has 1 aromatic heterocycles. The number of nitrogens with zero attached hydrogens (tertiary/aromatic N) is 1. The van der Waals surface area contributed by atoms with Crippen LogP contribution in [-0.4, -0.2) is 31.2 Å². The first-order chi connectivity index (χ1) is 7.26. The molecule has 1 aromatic rings. The number of rotatable bonds is 5. The van der Waals surface area contributed by atoms with Crippen LogP contribution >= 0.6 is 0 Å². The van der Waals surface area contributed by atoms with Crippen LogP contribution in [0.4, 0.5) is 5.69 Å². The van der Waals surface area contributed by atoms with E-state index in [4.69, 9.17) is 9.47 Å². The van der Waals surface area contributed by atoms with E-state index < -0.39 is 0 Å². The highest BCUT2D eigenvalue weighted by Crippen LogP contribution is 2.13. The highest BCUT2D eigenvalue weighted by molar-refractivity contribution is 5.74. The lowest BCUT2D eigenvalue weighted by Crippen LogP contribution is -2.16. The minimum atomic E-state index is -0.291. The molecular formula is C10H14N2O3. The van der Waals surface area contributed by atoms with Crippen molar-refractivity contribution in [2.24, 2.45) is 0 Å². The quantitative estimate of drug-likeness (QED) is 0.736. The van der Waals surface area contributed by atoms with Crippen molar-refractivity contribution >= 4 is 11.7 Å². The standard InChI is InChI=1S/C10H14N2O3/c1-3-15-10(13)7-12-8-4-9(14-2)6-11-5-8/h4-6,12H,3,7H2,1-2H3. The Hall–Kier alpha value is -1.78. The normalized spacial score (nSPS) is 9.47. The summed E-state index contributed by atoms with van der Waals surface area (Å²) in [6.45, 7) is 2.28. The van der Waals surface area contributed by atoms with Crippen LogP contribution in [-0.2, 0) is 9.53 Å². The smallest absolute Gasteiger partial charge is 0.325 e. The maximum absolute atomic E-state index is 11.0. The Morgan fingerprint density at radius 2 is 2.33 bits per heavy atom. The van der Waals surface area contributed by atoms with Crippen LogP contribution in [0.25, 0.3) is 0 Å². The number of hydrogen-bond donors (Lipinski definition) is 1. The Labute approximate surface area is 88.4 Å². The first-order valence-corrected chi connectivity index (χ1v) is 4.64. The van der Waals surface area contributed by atoms with E-state index in [1.165, 1.54) is 0 Å². The predicted octanol–water partition coefficient (Wildman–Crippen LogP) is 1.07. The molecule has 0 amide bonds. The maximum Gasteiger partial charge on any atom is 0.325 e. The number of carbonyl (C=O) groups excluding carboxylic acids is 1. The molecule has 0 atom stereocenters. The molecule has 0 aliphatic heterocycles. The van der Waals surface area contributed by atoms with E-state index in [9.17, 15) is 4.79 Å². The summed E-state index contributed by atoms with van der Waals surface area (Å²) in [4.78, 5) is 15.0. The summed E-state index contributed by atoms with van der Waals surface area (Å²) in [5.74, 6) is 0.351. The minimum absolute atomic E-state index is 0.128. The summed E-state index contributed by atoms with van der Waals surface area (Å²) in [7, 11) is 1.56. The minimum Gasteiger partial charge on any atom is -0.495 e. The van der Waals surface area contributed by atoms with Crippen molar-refractivity contribution in [3.05, 3.63) is 18.5 Å². The highest BCUT2D eigenvalue weighted by Gasteiger charge is 2.01. The maximum atomic E-state index is 11.0. The number of methoxy groups -OCH3 is 1. The number of hydrogen-bond acceptors (Lipinski definition) is 5. The summed E-state index contributed by atoms with van der Waals surface area (Å²) in [6.07, 6.45) is 3.21. The summed E-state index contributed by atoms with van der Waals surface area (Å²) >= 11 is 0. The third-order valence-corrected chi connectivity index (χ3v) is 1.69. The molecule has 0 unspecified atom stereocenters. The largest absolute Gasteiger partial charge is 0.495 e. The molecule has 1 rings (SSSR count). The number of ether oxygens (including phenoxy) is 2. The van der Waals surface area contributed by atoms with Gasteiger partial charge in [-0.15, -0.1) is 0 Å². The summed E-state index contributed by atoms with van der Waals surface area (Å²) < 4.78 is 9.76. The lowest BCUT2D eigenvalue weighted by atomic mass is 10.4. The Morgan fingerprint density at radius 1 is 1.53 bits per heavy atom. The lowest BCUT2D eigenvalue weighted by Gasteiger charge is -2.06. The highest BCUT2D eigenvalue weighted by atomic mass is 16.5. The van der Waals surface area contributed by atoms with Crippen LogP contribution in [0.2, 0.25) is 0 Å². The van der Waals surface area contributed by atoms with Crippen LogP contribution in [0, 0.1) is 0 Å². The van der Waals surface area contributed by atoms with Crippen molar-refractivity contribution in [3.8, 4) is 5.75 Å². The van der Waals surface area contributed by atoms with Crippen LogP contribution in [0.15, 0.2) is 18.5 Å². The zero-order valence-electron chi connectivity index (χ0n) is 8.82. The van der Waals surface area contributed by atoms with E-state index in [-0.39, 0.29) is 12.5 Å². The van der Waals surface area contributed by atoms with Crippen molar-refractivity contribution in [3.63, 3.8) is 0 Å². The number of esters is 1. The molecule has 82 valence electrons. The Kier molecular flexibility index (Phi) is 4.40. The van der Waals surface area contributed by atoms with E-state index in [1.54, 1.807) is 32.5 Å². The first-order valence-electron chi connectivity index (χ1n) is 4.64. The van der Waals surface area contributed by atoms with Gasteiger partial charge in [-0.3, -0.25) is 9.78 Å². The molecule has 1 N–H and O–H groups in total. The zero-order chi connectivity index (χ0) is 11.1. The number of carbonyl (C=O) groups is 1. The van der Waals surface area contributed by atoms with Gasteiger partial charge < -0.3 is 14.8 Å². The average molecular weight is 210 g/mol. The number of aromatic nitrogens is 1. The van der Waals surface area contributed by atoms with Crippen molar-refractivity contribution in [1.82, 2.24) is 4.98 Å². The molecule has 0 spiro atoms. The van der Waals surface area contributed by atoms with Gasteiger partial charge in [0.2, 0.25) is 0 Å². The Bertz CT molecular complexity index is 328. The summed E-state index contributed by atoms with van der Waals surface area (Å²) in [6, 6.07) is 1.76. The SMILES string of the molecule is CCOC(=O)CNc1cncc(OC)c1.